The lowest BCUT2D eigenvalue weighted by atomic mass is 10.0. The summed E-state index contributed by atoms with van der Waals surface area (Å²) in [5, 5.41) is 3.10. The van der Waals surface area contributed by atoms with Gasteiger partial charge in [-0.2, -0.15) is 0 Å². The topological polar surface area (TPSA) is 41.6 Å². The van der Waals surface area contributed by atoms with Crippen LogP contribution in [0.2, 0.25) is 0 Å². The van der Waals surface area contributed by atoms with Crippen LogP contribution in [0.15, 0.2) is 28.7 Å². The number of hydrogen-bond donors (Lipinski definition) is 1. The lowest BCUT2D eigenvalue weighted by Crippen LogP contribution is -2.48. The van der Waals surface area contributed by atoms with E-state index in [0.29, 0.717) is 5.75 Å². The zero-order valence-corrected chi connectivity index (χ0v) is 14.2. The molecular formula is C16H23BrN2O2. The summed E-state index contributed by atoms with van der Waals surface area (Å²) >= 11 is 3.40. The summed E-state index contributed by atoms with van der Waals surface area (Å²) in [5.74, 6) is 0.665. The molecule has 21 heavy (non-hydrogen) atoms. The second kappa shape index (κ2) is 7.80. The molecule has 1 aliphatic rings. The molecule has 0 saturated carbocycles. The van der Waals surface area contributed by atoms with Crippen molar-refractivity contribution in [3.05, 3.63) is 28.7 Å². The quantitative estimate of drug-likeness (QED) is 0.883. The number of nitrogens with one attached hydrogen (secondary N) is 1. The highest BCUT2D eigenvalue weighted by molar-refractivity contribution is 9.10. The Balaban J connectivity index is 1.80. The molecule has 5 heteroatoms. The fourth-order valence-electron chi connectivity index (χ4n) is 2.51. The molecule has 0 radical (unpaired) electrons. The smallest absolute Gasteiger partial charge is 0.260 e. The van der Waals surface area contributed by atoms with Gasteiger partial charge in [-0.3, -0.25) is 4.79 Å². The number of carbonyl (C=O) groups excluding carboxylic acids is 1. The van der Waals surface area contributed by atoms with Gasteiger partial charge in [-0.25, -0.2) is 0 Å². The van der Waals surface area contributed by atoms with E-state index in [0.717, 1.165) is 36.9 Å². The monoisotopic (exact) mass is 354 g/mol. The van der Waals surface area contributed by atoms with Crippen molar-refractivity contribution < 1.29 is 9.53 Å². The van der Waals surface area contributed by atoms with Gasteiger partial charge in [-0.15, -0.1) is 0 Å². The van der Waals surface area contributed by atoms with Gasteiger partial charge in [0.1, 0.15) is 5.75 Å². The zero-order chi connectivity index (χ0) is 15.2. The van der Waals surface area contributed by atoms with Gasteiger partial charge in [-0.1, -0.05) is 28.9 Å². The number of hydrogen-bond acceptors (Lipinski definition) is 3. The molecule has 1 N–H and O–H groups in total. The number of amides is 1. The second-order valence-electron chi connectivity index (χ2n) is 5.43. The summed E-state index contributed by atoms with van der Waals surface area (Å²) in [5.41, 5.74) is 0. The minimum absolute atomic E-state index is 0.0371. The molecule has 0 aromatic heterocycles. The van der Waals surface area contributed by atoms with E-state index in [4.69, 9.17) is 4.74 Å². The lowest BCUT2D eigenvalue weighted by Gasteiger charge is -2.32. The molecule has 4 nitrogen and oxygen atoms in total. The fraction of sp³-hybridized carbons (Fsp3) is 0.562. The van der Waals surface area contributed by atoms with E-state index in [2.05, 4.69) is 33.1 Å². The summed E-state index contributed by atoms with van der Waals surface area (Å²) in [6, 6.07) is 7.82. The van der Waals surface area contributed by atoms with Crippen LogP contribution < -0.4 is 10.1 Å². The third-order valence-corrected chi connectivity index (χ3v) is 4.35. The molecular weight excluding hydrogens is 332 g/mol. The van der Waals surface area contributed by atoms with Crippen LogP contribution in [0.3, 0.4) is 0 Å². The van der Waals surface area contributed by atoms with Crippen molar-refractivity contribution in [2.24, 2.45) is 0 Å². The standard InChI is InChI=1S/C16H23BrN2O2/c1-3-19-9-7-14(8-10-19)18-16(20)12(2)21-15-6-4-5-13(17)11-15/h4-6,11-12,14H,3,7-10H2,1-2H3,(H,18,20)/t12-/m1/s1. The van der Waals surface area contributed by atoms with Gasteiger partial charge in [0.05, 0.1) is 0 Å². The molecule has 1 aromatic rings. The highest BCUT2D eigenvalue weighted by Gasteiger charge is 2.22. The fourth-order valence-corrected chi connectivity index (χ4v) is 2.89. The van der Waals surface area contributed by atoms with Crippen molar-refractivity contribution in [2.45, 2.75) is 38.8 Å². The van der Waals surface area contributed by atoms with Crippen molar-refractivity contribution in [1.82, 2.24) is 10.2 Å². The molecule has 0 unspecified atom stereocenters. The van der Waals surface area contributed by atoms with Gasteiger partial charge < -0.3 is 15.0 Å². The average molecular weight is 355 g/mol. The number of carbonyl (C=O) groups is 1. The molecule has 0 spiro atoms. The van der Waals surface area contributed by atoms with Gasteiger partial charge in [0.15, 0.2) is 6.10 Å². The van der Waals surface area contributed by atoms with Gasteiger partial charge in [-0.05, 0) is 44.5 Å². The Hall–Kier alpha value is -1.07. The van der Waals surface area contributed by atoms with E-state index in [1.165, 1.54) is 0 Å². The number of ether oxygens (including phenoxy) is 1. The third-order valence-electron chi connectivity index (χ3n) is 3.86. The number of likely N-dealkylation sites (tertiary alicyclic amines) is 1. The van der Waals surface area contributed by atoms with Crippen molar-refractivity contribution >= 4 is 21.8 Å². The SMILES string of the molecule is CCN1CCC(NC(=O)[C@@H](C)Oc2cccc(Br)c2)CC1. The zero-order valence-electron chi connectivity index (χ0n) is 12.6. The first kappa shape index (κ1) is 16.3. The van der Waals surface area contributed by atoms with Gasteiger partial charge in [0.25, 0.3) is 5.91 Å². The summed E-state index contributed by atoms with van der Waals surface area (Å²) < 4.78 is 6.63. The molecule has 1 amide bonds. The molecule has 116 valence electrons. The largest absolute Gasteiger partial charge is 0.481 e. The Morgan fingerprint density at radius 2 is 2.19 bits per heavy atom. The highest BCUT2D eigenvalue weighted by Crippen LogP contribution is 2.19. The first-order valence-electron chi connectivity index (χ1n) is 7.53. The maximum atomic E-state index is 12.2. The minimum Gasteiger partial charge on any atom is -0.481 e. The summed E-state index contributed by atoms with van der Waals surface area (Å²) in [4.78, 5) is 14.6. The van der Waals surface area contributed by atoms with Crippen molar-refractivity contribution in [3.8, 4) is 5.75 Å². The number of benzene rings is 1. The van der Waals surface area contributed by atoms with E-state index >= 15 is 0 Å². The Labute approximate surface area is 135 Å². The predicted octanol–water partition coefficient (Wildman–Crippen LogP) is 2.82. The predicted molar refractivity (Wildman–Crippen MR) is 87.5 cm³/mol. The van der Waals surface area contributed by atoms with Crippen LogP contribution in [0.25, 0.3) is 0 Å². The Morgan fingerprint density at radius 3 is 2.81 bits per heavy atom. The number of piperidine rings is 1. The Bertz CT molecular complexity index is 473. The lowest BCUT2D eigenvalue weighted by molar-refractivity contribution is -0.128. The Morgan fingerprint density at radius 1 is 1.48 bits per heavy atom. The molecule has 1 saturated heterocycles. The minimum atomic E-state index is -0.483. The van der Waals surface area contributed by atoms with Crippen molar-refractivity contribution in [1.29, 1.82) is 0 Å². The maximum absolute atomic E-state index is 12.2. The summed E-state index contributed by atoms with van der Waals surface area (Å²) in [6.45, 7) is 7.16. The normalized spacial score (nSPS) is 18.2. The molecule has 0 bridgehead atoms. The number of nitrogens with zero attached hydrogens (tertiary/aromatic N) is 1. The van der Waals surface area contributed by atoms with E-state index in [1.54, 1.807) is 6.92 Å². The molecule has 1 fully saturated rings. The van der Waals surface area contributed by atoms with Crippen LogP contribution in [0.1, 0.15) is 26.7 Å². The van der Waals surface area contributed by atoms with E-state index in [9.17, 15) is 4.79 Å². The first-order valence-corrected chi connectivity index (χ1v) is 8.32. The van der Waals surface area contributed by atoms with E-state index in [1.807, 2.05) is 24.3 Å². The molecule has 0 aliphatic carbocycles. The van der Waals surface area contributed by atoms with Crippen LogP contribution in [0.5, 0.6) is 5.75 Å². The van der Waals surface area contributed by atoms with Gasteiger partial charge >= 0.3 is 0 Å². The summed E-state index contributed by atoms with van der Waals surface area (Å²) in [7, 11) is 0. The highest BCUT2D eigenvalue weighted by atomic mass is 79.9. The second-order valence-corrected chi connectivity index (χ2v) is 6.35. The molecule has 1 heterocycles. The molecule has 2 rings (SSSR count). The molecule has 1 atom stereocenters. The number of rotatable bonds is 5. The van der Waals surface area contributed by atoms with Gasteiger partial charge in [0.2, 0.25) is 0 Å². The number of halogens is 1. The third kappa shape index (κ3) is 5.00. The molecule has 1 aromatic carbocycles. The van der Waals surface area contributed by atoms with Crippen LogP contribution in [0, 0.1) is 0 Å². The average Bonchev–Trinajstić information content (AvgIpc) is 2.48. The van der Waals surface area contributed by atoms with E-state index in [-0.39, 0.29) is 11.9 Å². The van der Waals surface area contributed by atoms with Crippen LogP contribution >= 0.6 is 15.9 Å². The first-order chi connectivity index (χ1) is 10.1. The van der Waals surface area contributed by atoms with Crippen molar-refractivity contribution in [3.63, 3.8) is 0 Å². The van der Waals surface area contributed by atoms with E-state index < -0.39 is 6.10 Å². The maximum Gasteiger partial charge on any atom is 0.260 e. The van der Waals surface area contributed by atoms with Crippen LogP contribution in [-0.2, 0) is 4.79 Å². The van der Waals surface area contributed by atoms with Gasteiger partial charge in [0, 0.05) is 23.6 Å². The molecule has 1 aliphatic heterocycles. The van der Waals surface area contributed by atoms with Crippen LogP contribution in [-0.4, -0.2) is 42.6 Å². The van der Waals surface area contributed by atoms with Crippen LogP contribution in [0.4, 0.5) is 0 Å². The van der Waals surface area contributed by atoms with Crippen molar-refractivity contribution in [2.75, 3.05) is 19.6 Å². The summed E-state index contributed by atoms with van der Waals surface area (Å²) in [6.07, 6.45) is 1.55. The Kier molecular flexibility index (Phi) is 6.06.